The van der Waals surface area contributed by atoms with Crippen molar-refractivity contribution in [1.82, 2.24) is 15.6 Å². The molecule has 5 nitrogen and oxygen atoms in total. The van der Waals surface area contributed by atoms with Crippen molar-refractivity contribution in [2.24, 2.45) is 0 Å². The van der Waals surface area contributed by atoms with Crippen LogP contribution in [0.4, 0.5) is 14.5 Å². The number of carbonyl (C=O) groups is 1. The summed E-state index contributed by atoms with van der Waals surface area (Å²) in [4.78, 5) is 18.5. The number of nitrogens with zero attached hydrogens (tertiary/aromatic N) is 1. The molecule has 1 aliphatic heterocycles. The average molecular weight is 445 g/mol. The Morgan fingerprint density at radius 2 is 2.00 bits per heavy atom. The van der Waals surface area contributed by atoms with Crippen LogP contribution < -0.4 is 16.0 Å². The van der Waals surface area contributed by atoms with E-state index in [9.17, 15) is 13.6 Å². The first-order valence-corrected chi connectivity index (χ1v) is 11.3. The molecule has 0 saturated carbocycles. The van der Waals surface area contributed by atoms with Gasteiger partial charge < -0.3 is 16.0 Å². The molecule has 0 radical (unpaired) electrons. The van der Waals surface area contributed by atoms with Gasteiger partial charge in [0, 0.05) is 24.7 Å². The third kappa shape index (κ3) is 4.55. The van der Waals surface area contributed by atoms with Gasteiger partial charge in [0.1, 0.15) is 21.3 Å². The van der Waals surface area contributed by atoms with Gasteiger partial charge in [0.2, 0.25) is 0 Å². The molecule has 3 aromatic rings. The van der Waals surface area contributed by atoms with Gasteiger partial charge in [0.25, 0.3) is 5.91 Å². The summed E-state index contributed by atoms with van der Waals surface area (Å²) in [5.74, 6) is -0.980. The minimum Gasteiger partial charge on any atom is -0.386 e. The maximum absolute atomic E-state index is 14.6. The van der Waals surface area contributed by atoms with Crippen LogP contribution in [0.15, 0.2) is 24.3 Å². The second kappa shape index (κ2) is 9.28. The monoisotopic (exact) mass is 444 g/mol. The number of piperidine rings is 1. The van der Waals surface area contributed by atoms with Crippen LogP contribution in [0.1, 0.15) is 45.3 Å². The summed E-state index contributed by atoms with van der Waals surface area (Å²) in [6, 6.07) is 6.47. The van der Waals surface area contributed by atoms with Gasteiger partial charge in [0.15, 0.2) is 0 Å². The molecule has 1 aliphatic rings. The van der Waals surface area contributed by atoms with Crippen molar-refractivity contribution < 1.29 is 13.6 Å². The Balaban J connectivity index is 1.44. The molecule has 0 atom stereocenters. The highest BCUT2D eigenvalue weighted by molar-refractivity contribution is 7.21. The van der Waals surface area contributed by atoms with Crippen LogP contribution in [-0.4, -0.2) is 37.6 Å². The Kier molecular flexibility index (Phi) is 6.48. The molecule has 0 bridgehead atoms. The Morgan fingerprint density at radius 3 is 2.74 bits per heavy atom. The molecule has 164 valence electrons. The van der Waals surface area contributed by atoms with Gasteiger partial charge in [0.05, 0.1) is 5.69 Å². The Hall–Kier alpha value is -2.58. The zero-order valence-corrected chi connectivity index (χ0v) is 18.5. The van der Waals surface area contributed by atoms with Crippen molar-refractivity contribution in [3.8, 4) is 0 Å². The lowest BCUT2D eigenvalue weighted by molar-refractivity contribution is 0.0959. The Bertz CT molecular complexity index is 1110. The molecule has 3 heterocycles. The Morgan fingerprint density at radius 1 is 1.23 bits per heavy atom. The van der Waals surface area contributed by atoms with Crippen molar-refractivity contribution in [3.05, 3.63) is 57.6 Å². The summed E-state index contributed by atoms with van der Waals surface area (Å²) < 4.78 is 29.2. The fourth-order valence-corrected chi connectivity index (χ4v) is 5.25. The van der Waals surface area contributed by atoms with Crippen LogP contribution in [0.3, 0.4) is 0 Å². The number of amides is 1. The molecule has 4 rings (SSSR count). The minimum atomic E-state index is -0.415. The lowest BCUT2D eigenvalue weighted by Crippen LogP contribution is -2.27. The molecule has 1 amide bonds. The number of benzene rings is 1. The average Bonchev–Trinajstić information content (AvgIpc) is 3.14. The number of nitrogens with one attached hydrogen (secondary N) is 3. The SMILES string of the molecule is CNc1c(C(=O)NCCc2cc(F)c(C3CCNCC3)cc2F)sc2nc(C)ccc12. The standard InChI is InChI=1S/C23H26F2N4OS/c1-13-3-4-16-20(26-2)21(31-23(16)29-13)22(30)28-10-7-15-11-19(25)17(12-18(15)24)14-5-8-27-9-6-14/h3-4,11-12,14,26-27H,5-10H2,1-2H3,(H,28,30). The molecule has 1 fully saturated rings. The fourth-order valence-electron chi connectivity index (χ4n) is 4.11. The molecule has 0 spiro atoms. The van der Waals surface area contributed by atoms with Gasteiger partial charge in [-0.25, -0.2) is 13.8 Å². The first-order chi connectivity index (χ1) is 15.0. The molecule has 1 saturated heterocycles. The molecule has 8 heteroatoms. The number of hydrogen-bond donors (Lipinski definition) is 3. The van der Waals surface area contributed by atoms with Crippen molar-refractivity contribution in [1.29, 1.82) is 0 Å². The summed E-state index contributed by atoms with van der Waals surface area (Å²) in [6.45, 7) is 3.76. The predicted molar refractivity (Wildman–Crippen MR) is 121 cm³/mol. The topological polar surface area (TPSA) is 66.1 Å². The van der Waals surface area contributed by atoms with Crippen molar-refractivity contribution in [2.75, 3.05) is 32.0 Å². The second-order valence-corrected chi connectivity index (χ2v) is 8.86. The third-order valence-electron chi connectivity index (χ3n) is 5.78. The van der Waals surface area contributed by atoms with Crippen LogP contribution in [0.25, 0.3) is 10.2 Å². The number of hydrogen-bond acceptors (Lipinski definition) is 5. The van der Waals surface area contributed by atoms with Gasteiger partial charge in [-0.2, -0.15) is 0 Å². The quantitative estimate of drug-likeness (QED) is 0.528. The first kappa shape index (κ1) is 21.6. The number of pyridine rings is 1. The molecule has 2 aromatic heterocycles. The number of carbonyl (C=O) groups excluding carboxylic acids is 1. The molecular formula is C23H26F2N4OS. The molecule has 3 N–H and O–H groups in total. The van der Waals surface area contributed by atoms with Crippen LogP contribution >= 0.6 is 11.3 Å². The highest BCUT2D eigenvalue weighted by atomic mass is 32.1. The normalized spacial score (nSPS) is 14.7. The number of aromatic nitrogens is 1. The van der Waals surface area contributed by atoms with Gasteiger partial charge in [-0.15, -0.1) is 11.3 Å². The summed E-state index contributed by atoms with van der Waals surface area (Å²) >= 11 is 1.32. The van der Waals surface area contributed by atoms with Crippen LogP contribution in [0.2, 0.25) is 0 Å². The largest absolute Gasteiger partial charge is 0.386 e. The van der Waals surface area contributed by atoms with Crippen molar-refractivity contribution >= 4 is 33.1 Å². The van der Waals surface area contributed by atoms with Gasteiger partial charge in [-0.1, -0.05) is 0 Å². The fraction of sp³-hybridized carbons (Fsp3) is 0.391. The molecular weight excluding hydrogens is 418 g/mol. The number of rotatable bonds is 6. The van der Waals surface area contributed by atoms with Gasteiger partial charge in [-0.3, -0.25) is 4.79 Å². The van der Waals surface area contributed by atoms with E-state index in [1.165, 1.54) is 23.5 Å². The summed E-state index contributed by atoms with van der Waals surface area (Å²) in [5.41, 5.74) is 2.35. The number of anilines is 1. The van der Waals surface area contributed by atoms with Crippen molar-refractivity contribution in [2.45, 2.75) is 32.1 Å². The van der Waals surface area contributed by atoms with E-state index in [1.54, 1.807) is 7.05 Å². The number of fused-ring (bicyclic) bond motifs is 1. The van der Waals surface area contributed by atoms with E-state index < -0.39 is 5.82 Å². The maximum Gasteiger partial charge on any atom is 0.263 e. The van der Waals surface area contributed by atoms with E-state index in [1.807, 2.05) is 19.1 Å². The molecule has 31 heavy (non-hydrogen) atoms. The number of halogens is 2. The maximum atomic E-state index is 14.6. The lowest BCUT2D eigenvalue weighted by Gasteiger charge is -2.23. The van der Waals surface area contributed by atoms with Crippen molar-refractivity contribution in [3.63, 3.8) is 0 Å². The number of thiophene rings is 1. The van der Waals surface area contributed by atoms with Crippen LogP contribution in [-0.2, 0) is 6.42 Å². The van der Waals surface area contributed by atoms with Crippen LogP contribution in [0, 0.1) is 18.6 Å². The van der Waals surface area contributed by atoms with E-state index in [0.717, 1.165) is 47.5 Å². The molecule has 0 unspecified atom stereocenters. The second-order valence-electron chi connectivity index (χ2n) is 7.86. The van der Waals surface area contributed by atoms with E-state index in [-0.39, 0.29) is 36.2 Å². The first-order valence-electron chi connectivity index (χ1n) is 10.5. The minimum absolute atomic E-state index is 0.0506. The van der Waals surface area contributed by atoms with E-state index in [2.05, 4.69) is 20.9 Å². The highest BCUT2D eigenvalue weighted by Gasteiger charge is 2.21. The lowest BCUT2D eigenvalue weighted by atomic mass is 9.89. The van der Waals surface area contributed by atoms with E-state index >= 15 is 0 Å². The highest BCUT2D eigenvalue weighted by Crippen LogP contribution is 2.34. The summed E-state index contributed by atoms with van der Waals surface area (Å²) in [6.07, 6.45) is 1.84. The van der Waals surface area contributed by atoms with E-state index in [0.29, 0.717) is 10.4 Å². The zero-order valence-electron chi connectivity index (χ0n) is 17.6. The van der Waals surface area contributed by atoms with Gasteiger partial charge in [-0.05, 0) is 80.6 Å². The Labute approximate surface area is 184 Å². The zero-order chi connectivity index (χ0) is 22.0. The van der Waals surface area contributed by atoms with Gasteiger partial charge >= 0.3 is 0 Å². The smallest absolute Gasteiger partial charge is 0.263 e. The van der Waals surface area contributed by atoms with Crippen LogP contribution in [0.5, 0.6) is 0 Å². The third-order valence-corrected chi connectivity index (χ3v) is 6.87. The molecule has 0 aliphatic carbocycles. The summed E-state index contributed by atoms with van der Waals surface area (Å²) in [5, 5.41) is 10.0. The summed E-state index contributed by atoms with van der Waals surface area (Å²) in [7, 11) is 1.76. The predicted octanol–water partition coefficient (Wildman–Crippen LogP) is 4.36. The van der Waals surface area contributed by atoms with E-state index in [4.69, 9.17) is 0 Å². The number of aryl methyl sites for hydroxylation is 1. The molecule has 1 aromatic carbocycles.